The number of benzene rings is 1. The Kier molecular flexibility index (Phi) is 3.88. The molecule has 0 fully saturated rings. The first-order valence-corrected chi connectivity index (χ1v) is 5.56. The SMILES string of the molecule is Cc1cc(Cl)cc(NC(=O)OC(C)(C)C)c1O. The van der Waals surface area contributed by atoms with Crippen LogP contribution in [0.25, 0.3) is 0 Å². The van der Waals surface area contributed by atoms with E-state index in [0.717, 1.165) is 0 Å². The first-order chi connectivity index (χ1) is 7.69. The Morgan fingerprint density at radius 2 is 2.00 bits per heavy atom. The molecule has 1 rings (SSSR count). The van der Waals surface area contributed by atoms with E-state index in [0.29, 0.717) is 10.6 Å². The Labute approximate surface area is 106 Å². The van der Waals surface area contributed by atoms with E-state index in [9.17, 15) is 9.90 Å². The molecule has 1 amide bonds. The van der Waals surface area contributed by atoms with Crippen molar-refractivity contribution in [3.05, 3.63) is 22.7 Å². The second-order valence-corrected chi connectivity index (χ2v) is 5.18. The fourth-order valence-electron chi connectivity index (χ4n) is 1.24. The summed E-state index contributed by atoms with van der Waals surface area (Å²) in [6.07, 6.45) is -0.630. The van der Waals surface area contributed by atoms with Crippen LogP contribution in [0.2, 0.25) is 5.02 Å². The molecule has 4 nitrogen and oxygen atoms in total. The van der Waals surface area contributed by atoms with Crippen LogP contribution in [0.1, 0.15) is 26.3 Å². The topological polar surface area (TPSA) is 58.6 Å². The molecule has 0 saturated heterocycles. The minimum atomic E-state index is -0.630. The number of halogens is 1. The van der Waals surface area contributed by atoms with E-state index in [1.807, 2.05) is 0 Å². The number of anilines is 1. The van der Waals surface area contributed by atoms with Gasteiger partial charge in [0.05, 0.1) is 5.69 Å². The van der Waals surface area contributed by atoms with Crippen LogP contribution in [0, 0.1) is 6.92 Å². The van der Waals surface area contributed by atoms with Gasteiger partial charge in [0.2, 0.25) is 0 Å². The number of aryl methyl sites for hydroxylation is 1. The average molecular weight is 258 g/mol. The van der Waals surface area contributed by atoms with Gasteiger partial charge in [0.1, 0.15) is 11.4 Å². The van der Waals surface area contributed by atoms with Crippen molar-refractivity contribution in [2.45, 2.75) is 33.3 Å². The van der Waals surface area contributed by atoms with Crippen LogP contribution in [0.4, 0.5) is 10.5 Å². The van der Waals surface area contributed by atoms with Gasteiger partial charge >= 0.3 is 6.09 Å². The highest BCUT2D eigenvalue weighted by Gasteiger charge is 2.17. The Hall–Kier alpha value is -1.42. The number of hydrogen-bond acceptors (Lipinski definition) is 3. The molecular formula is C12H16ClNO3. The second-order valence-electron chi connectivity index (χ2n) is 4.75. The number of carbonyl (C=O) groups is 1. The molecule has 94 valence electrons. The zero-order valence-corrected chi connectivity index (χ0v) is 11.1. The van der Waals surface area contributed by atoms with E-state index in [2.05, 4.69) is 5.32 Å². The summed E-state index contributed by atoms with van der Waals surface area (Å²) in [6.45, 7) is 6.97. The zero-order chi connectivity index (χ0) is 13.2. The number of aromatic hydroxyl groups is 1. The molecule has 0 bridgehead atoms. The average Bonchev–Trinajstić information content (AvgIpc) is 2.10. The minimum Gasteiger partial charge on any atom is -0.505 e. The van der Waals surface area contributed by atoms with Gasteiger partial charge in [-0.1, -0.05) is 11.6 Å². The van der Waals surface area contributed by atoms with Gasteiger partial charge in [0, 0.05) is 5.02 Å². The first kappa shape index (κ1) is 13.6. The fourth-order valence-corrected chi connectivity index (χ4v) is 1.52. The molecule has 0 unspecified atom stereocenters. The van der Waals surface area contributed by atoms with Gasteiger partial charge in [-0.15, -0.1) is 0 Å². The first-order valence-electron chi connectivity index (χ1n) is 5.18. The van der Waals surface area contributed by atoms with Crippen molar-refractivity contribution in [1.82, 2.24) is 0 Å². The number of amides is 1. The van der Waals surface area contributed by atoms with E-state index in [-0.39, 0.29) is 11.4 Å². The summed E-state index contributed by atoms with van der Waals surface area (Å²) in [4.78, 5) is 11.5. The maximum Gasteiger partial charge on any atom is 0.412 e. The summed E-state index contributed by atoms with van der Waals surface area (Å²) in [6, 6.07) is 3.07. The summed E-state index contributed by atoms with van der Waals surface area (Å²) in [5, 5.41) is 12.6. The third kappa shape index (κ3) is 4.15. The lowest BCUT2D eigenvalue weighted by molar-refractivity contribution is 0.0635. The van der Waals surface area contributed by atoms with Gasteiger partial charge < -0.3 is 9.84 Å². The molecule has 17 heavy (non-hydrogen) atoms. The monoisotopic (exact) mass is 257 g/mol. The van der Waals surface area contributed by atoms with Gasteiger partial charge in [0.15, 0.2) is 0 Å². The summed E-state index contributed by atoms with van der Waals surface area (Å²) < 4.78 is 5.07. The molecule has 0 heterocycles. The number of carbonyl (C=O) groups excluding carboxylic acids is 1. The highest BCUT2D eigenvalue weighted by atomic mass is 35.5. The summed E-state index contributed by atoms with van der Waals surface area (Å²) >= 11 is 5.84. The van der Waals surface area contributed by atoms with Crippen LogP contribution in [0.3, 0.4) is 0 Å². The van der Waals surface area contributed by atoms with E-state index in [1.54, 1.807) is 33.8 Å². The fraction of sp³-hybridized carbons (Fsp3) is 0.417. The van der Waals surface area contributed by atoms with Crippen LogP contribution in [-0.4, -0.2) is 16.8 Å². The molecule has 0 aromatic heterocycles. The van der Waals surface area contributed by atoms with Crippen LogP contribution in [-0.2, 0) is 4.74 Å². The quantitative estimate of drug-likeness (QED) is 0.754. The molecule has 0 radical (unpaired) electrons. The molecule has 5 heteroatoms. The number of hydrogen-bond donors (Lipinski definition) is 2. The Morgan fingerprint density at radius 3 is 2.53 bits per heavy atom. The van der Waals surface area contributed by atoms with Gasteiger partial charge in [-0.3, -0.25) is 5.32 Å². The maximum absolute atomic E-state index is 11.5. The number of ether oxygens (including phenoxy) is 1. The number of rotatable bonds is 1. The summed E-state index contributed by atoms with van der Waals surface area (Å²) in [5.41, 5.74) is 0.237. The molecular weight excluding hydrogens is 242 g/mol. The highest BCUT2D eigenvalue weighted by molar-refractivity contribution is 6.31. The Bertz CT molecular complexity index is 438. The summed E-state index contributed by atoms with van der Waals surface area (Å²) in [5.74, 6) is -0.0136. The lowest BCUT2D eigenvalue weighted by atomic mass is 10.2. The van der Waals surface area contributed by atoms with Crippen LogP contribution >= 0.6 is 11.6 Å². The smallest absolute Gasteiger partial charge is 0.412 e. The standard InChI is InChI=1S/C12H16ClNO3/c1-7-5-8(13)6-9(10(7)15)14-11(16)17-12(2,3)4/h5-6,15H,1-4H3,(H,14,16). The predicted octanol–water partition coefficient (Wildman–Crippen LogP) is 3.70. The van der Waals surface area contributed by atoms with Crippen molar-refractivity contribution in [2.75, 3.05) is 5.32 Å². The second kappa shape index (κ2) is 4.84. The lowest BCUT2D eigenvalue weighted by Gasteiger charge is -2.20. The van der Waals surface area contributed by atoms with Crippen LogP contribution < -0.4 is 5.32 Å². The third-order valence-corrected chi connectivity index (χ3v) is 2.12. The largest absolute Gasteiger partial charge is 0.505 e. The molecule has 1 aromatic rings. The summed E-state index contributed by atoms with van der Waals surface area (Å²) in [7, 11) is 0. The Morgan fingerprint density at radius 1 is 1.41 bits per heavy atom. The van der Waals surface area contributed by atoms with Gasteiger partial charge in [0.25, 0.3) is 0 Å². The normalized spacial score (nSPS) is 11.1. The zero-order valence-electron chi connectivity index (χ0n) is 10.3. The minimum absolute atomic E-state index is 0.0136. The predicted molar refractivity (Wildman–Crippen MR) is 67.7 cm³/mol. The third-order valence-electron chi connectivity index (χ3n) is 1.90. The highest BCUT2D eigenvalue weighted by Crippen LogP contribution is 2.31. The maximum atomic E-state index is 11.5. The van der Waals surface area contributed by atoms with Crippen molar-refractivity contribution in [3.63, 3.8) is 0 Å². The van der Waals surface area contributed by atoms with Crippen molar-refractivity contribution < 1.29 is 14.6 Å². The van der Waals surface area contributed by atoms with E-state index in [1.165, 1.54) is 6.07 Å². The molecule has 0 aliphatic carbocycles. The molecule has 0 saturated carbocycles. The van der Waals surface area contributed by atoms with Gasteiger partial charge in [-0.05, 0) is 45.4 Å². The van der Waals surface area contributed by atoms with Crippen LogP contribution in [0.15, 0.2) is 12.1 Å². The number of nitrogens with one attached hydrogen (secondary N) is 1. The number of phenolic OH excluding ortho intramolecular Hbond substituents is 1. The lowest BCUT2D eigenvalue weighted by Crippen LogP contribution is -2.27. The molecule has 0 aliphatic rings. The van der Waals surface area contributed by atoms with E-state index in [4.69, 9.17) is 16.3 Å². The Balaban J connectivity index is 2.85. The van der Waals surface area contributed by atoms with Gasteiger partial charge in [-0.2, -0.15) is 0 Å². The van der Waals surface area contributed by atoms with Crippen molar-refractivity contribution in [2.24, 2.45) is 0 Å². The molecule has 0 atom stereocenters. The van der Waals surface area contributed by atoms with Crippen molar-refractivity contribution in [1.29, 1.82) is 0 Å². The molecule has 2 N–H and O–H groups in total. The van der Waals surface area contributed by atoms with Crippen molar-refractivity contribution >= 4 is 23.4 Å². The molecule has 1 aromatic carbocycles. The van der Waals surface area contributed by atoms with Crippen molar-refractivity contribution in [3.8, 4) is 5.75 Å². The molecule has 0 spiro atoms. The van der Waals surface area contributed by atoms with Gasteiger partial charge in [-0.25, -0.2) is 4.79 Å². The number of phenols is 1. The van der Waals surface area contributed by atoms with E-state index >= 15 is 0 Å². The molecule has 0 aliphatic heterocycles. The van der Waals surface area contributed by atoms with E-state index < -0.39 is 11.7 Å². The van der Waals surface area contributed by atoms with Crippen LogP contribution in [0.5, 0.6) is 5.75 Å².